The van der Waals surface area contributed by atoms with Gasteiger partial charge in [0.15, 0.2) is 0 Å². The Kier molecular flexibility index (Phi) is 8.54. The van der Waals surface area contributed by atoms with Crippen molar-refractivity contribution in [1.82, 2.24) is 0 Å². The molecule has 4 rings (SSSR count). The molecule has 0 saturated heterocycles. The molecule has 238 valence electrons. The van der Waals surface area contributed by atoms with Gasteiger partial charge in [-0.3, -0.25) is 23.7 Å². The first-order valence-electron chi connectivity index (χ1n) is 14.3. The molecule has 0 bridgehead atoms. The van der Waals surface area contributed by atoms with E-state index < -0.39 is 51.4 Å². The summed E-state index contributed by atoms with van der Waals surface area (Å²) < 4.78 is 101. The summed E-state index contributed by atoms with van der Waals surface area (Å²) in [5.41, 5.74) is -1.26. The standard InChI is InChI=1S/C28H37F5O8S/c1-14(7-8-22(37)41-24(27(29,30)31)28(32,33)42(38,39)40)17-5-4-6-18-23-19(13-21(36)26(17,18)3)25(2)10-9-16(34)11-15(25)12-20(23)35/h14-15,17-19,23-24H,4-13H2,1-3H3,(H,38,39,40)/t14?,15-,17?,18-,19-,23-,24?,25-,26+/m0/s1. The van der Waals surface area contributed by atoms with Crippen LogP contribution in [0, 0.1) is 46.3 Å². The SMILES string of the molecule is CC(CCC(=O)OC(C(F)(F)F)C(F)(F)S(=O)(=O)O)C1CCC[C@H]2[C@@H]3C(=O)C[C@@H]4CC(=O)CC[C@]4(C)[C@H]3CC(=O)[C@]12C. The normalized spacial score (nSPS) is 37.3. The van der Waals surface area contributed by atoms with Crippen LogP contribution in [-0.2, 0) is 34.0 Å². The Morgan fingerprint density at radius 1 is 1.05 bits per heavy atom. The van der Waals surface area contributed by atoms with Crippen molar-refractivity contribution in [3.05, 3.63) is 0 Å². The van der Waals surface area contributed by atoms with E-state index >= 15 is 0 Å². The third kappa shape index (κ3) is 5.43. The van der Waals surface area contributed by atoms with E-state index in [2.05, 4.69) is 11.7 Å². The zero-order chi connectivity index (χ0) is 31.6. The van der Waals surface area contributed by atoms with Crippen LogP contribution >= 0.6 is 0 Å². The summed E-state index contributed by atoms with van der Waals surface area (Å²) in [4.78, 5) is 51.9. The highest BCUT2D eigenvalue weighted by Crippen LogP contribution is 2.65. The van der Waals surface area contributed by atoms with E-state index in [4.69, 9.17) is 4.55 Å². The number of fused-ring (bicyclic) bond motifs is 5. The van der Waals surface area contributed by atoms with Crippen molar-refractivity contribution < 1.29 is 58.8 Å². The Labute approximate surface area is 241 Å². The summed E-state index contributed by atoms with van der Waals surface area (Å²) in [5, 5.41) is -5.81. The smallest absolute Gasteiger partial charge is 0.432 e. The summed E-state index contributed by atoms with van der Waals surface area (Å²) in [6.45, 7) is 5.59. The van der Waals surface area contributed by atoms with Gasteiger partial charge in [0.2, 0.25) is 0 Å². The zero-order valence-electron chi connectivity index (χ0n) is 23.7. The van der Waals surface area contributed by atoms with Crippen molar-refractivity contribution in [1.29, 1.82) is 0 Å². The first kappa shape index (κ1) is 32.9. The highest BCUT2D eigenvalue weighted by molar-refractivity contribution is 7.86. The van der Waals surface area contributed by atoms with Gasteiger partial charge < -0.3 is 4.74 Å². The Balaban J connectivity index is 1.50. The molecule has 0 heterocycles. The molecule has 0 aliphatic heterocycles. The molecule has 3 unspecified atom stereocenters. The largest absolute Gasteiger partial charge is 0.445 e. The second-order valence-corrected chi connectivity index (χ2v) is 14.8. The summed E-state index contributed by atoms with van der Waals surface area (Å²) in [6.07, 6.45) is -7.57. The molecule has 4 aliphatic rings. The molecular formula is C28H37F5O8S. The monoisotopic (exact) mass is 628 g/mol. The molecule has 0 spiro atoms. The first-order chi connectivity index (χ1) is 19.2. The van der Waals surface area contributed by atoms with Gasteiger partial charge in [0.1, 0.15) is 17.3 Å². The molecule has 4 fully saturated rings. The highest BCUT2D eigenvalue weighted by Gasteiger charge is 2.67. The Hall–Kier alpha value is -1.96. The number of hydrogen-bond acceptors (Lipinski definition) is 7. The minimum atomic E-state index is -6.55. The molecule has 42 heavy (non-hydrogen) atoms. The van der Waals surface area contributed by atoms with Crippen molar-refractivity contribution in [2.75, 3.05) is 0 Å². The van der Waals surface area contributed by atoms with Gasteiger partial charge in [-0.1, -0.05) is 27.2 Å². The van der Waals surface area contributed by atoms with Crippen molar-refractivity contribution in [3.63, 3.8) is 0 Å². The van der Waals surface area contributed by atoms with Crippen molar-refractivity contribution in [3.8, 4) is 0 Å². The number of rotatable bonds is 7. The summed E-state index contributed by atoms with van der Waals surface area (Å²) in [5.74, 6) is -3.29. The van der Waals surface area contributed by atoms with Crippen molar-refractivity contribution >= 4 is 33.4 Å². The minimum Gasteiger partial charge on any atom is -0.445 e. The van der Waals surface area contributed by atoms with Gasteiger partial charge in [0.25, 0.3) is 6.10 Å². The van der Waals surface area contributed by atoms with Crippen molar-refractivity contribution in [2.45, 2.75) is 103 Å². The number of carbonyl (C=O) groups is 4. The second-order valence-electron chi connectivity index (χ2n) is 13.3. The number of alkyl halides is 5. The van der Waals surface area contributed by atoms with Gasteiger partial charge >= 0.3 is 27.5 Å². The van der Waals surface area contributed by atoms with Crippen LogP contribution in [0.2, 0.25) is 0 Å². The summed E-state index contributed by atoms with van der Waals surface area (Å²) in [6, 6.07) is 0. The third-order valence-corrected chi connectivity index (χ3v) is 12.0. The van der Waals surface area contributed by atoms with E-state index in [9.17, 15) is 49.5 Å². The van der Waals surface area contributed by atoms with Crippen LogP contribution in [0.3, 0.4) is 0 Å². The molecule has 8 nitrogen and oxygen atoms in total. The van der Waals surface area contributed by atoms with Crippen LogP contribution in [0.5, 0.6) is 0 Å². The van der Waals surface area contributed by atoms with Crippen LogP contribution in [0.1, 0.15) is 85.0 Å². The maximum absolute atomic E-state index is 13.9. The fraction of sp³-hybridized carbons (Fsp3) is 0.857. The number of carbonyl (C=O) groups excluding carboxylic acids is 4. The lowest BCUT2D eigenvalue weighted by Crippen LogP contribution is -2.63. The lowest BCUT2D eigenvalue weighted by Gasteiger charge is -2.62. The van der Waals surface area contributed by atoms with E-state index in [-0.39, 0.29) is 71.6 Å². The van der Waals surface area contributed by atoms with E-state index in [1.807, 2.05) is 6.92 Å². The molecule has 0 radical (unpaired) electrons. The van der Waals surface area contributed by atoms with Gasteiger partial charge in [-0.25, -0.2) is 0 Å². The molecule has 0 aromatic carbocycles. The third-order valence-electron chi connectivity index (χ3n) is 11.1. The summed E-state index contributed by atoms with van der Waals surface area (Å²) in [7, 11) is -6.55. The van der Waals surface area contributed by atoms with Crippen LogP contribution < -0.4 is 0 Å². The number of hydrogen-bond donors (Lipinski definition) is 1. The maximum atomic E-state index is 13.9. The molecule has 4 saturated carbocycles. The fourth-order valence-electron chi connectivity index (χ4n) is 8.79. The number of Topliss-reactive ketones (excluding diaryl/α,β-unsaturated/α-hetero) is 3. The predicted octanol–water partition coefficient (Wildman–Crippen LogP) is 5.33. The van der Waals surface area contributed by atoms with Gasteiger partial charge in [0.05, 0.1) is 0 Å². The first-order valence-corrected chi connectivity index (χ1v) is 15.8. The molecule has 0 aromatic heterocycles. The van der Waals surface area contributed by atoms with E-state index in [1.54, 1.807) is 6.92 Å². The molecule has 9 atom stereocenters. The predicted molar refractivity (Wildman–Crippen MR) is 136 cm³/mol. The Morgan fingerprint density at radius 3 is 2.29 bits per heavy atom. The number of ketones is 3. The quantitative estimate of drug-likeness (QED) is 0.227. The molecule has 0 aromatic rings. The fourth-order valence-corrected chi connectivity index (χ4v) is 9.24. The van der Waals surface area contributed by atoms with Crippen LogP contribution in [0.25, 0.3) is 0 Å². The summed E-state index contributed by atoms with van der Waals surface area (Å²) >= 11 is 0. The molecule has 4 aliphatic carbocycles. The number of esters is 1. The van der Waals surface area contributed by atoms with E-state index in [0.29, 0.717) is 38.5 Å². The molecule has 0 amide bonds. The lowest BCUT2D eigenvalue weighted by molar-refractivity contribution is -0.259. The number of halogens is 5. The second kappa shape index (κ2) is 10.9. The molecular weight excluding hydrogens is 591 g/mol. The van der Waals surface area contributed by atoms with E-state index in [0.717, 1.165) is 0 Å². The van der Waals surface area contributed by atoms with Gasteiger partial charge in [-0.15, -0.1) is 0 Å². The van der Waals surface area contributed by atoms with Gasteiger partial charge in [-0.2, -0.15) is 30.4 Å². The average Bonchev–Trinajstić information content (AvgIpc) is 2.86. The topological polar surface area (TPSA) is 132 Å². The van der Waals surface area contributed by atoms with Gasteiger partial charge in [0, 0.05) is 43.4 Å². The average molecular weight is 629 g/mol. The Bertz CT molecular complexity index is 1250. The highest BCUT2D eigenvalue weighted by atomic mass is 32.2. The molecule has 14 heteroatoms. The minimum absolute atomic E-state index is 0.0237. The Morgan fingerprint density at radius 2 is 1.69 bits per heavy atom. The number of ether oxygens (including phenoxy) is 1. The van der Waals surface area contributed by atoms with Gasteiger partial charge in [-0.05, 0) is 60.7 Å². The van der Waals surface area contributed by atoms with Crippen LogP contribution in [0.4, 0.5) is 22.0 Å². The van der Waals surface area contributed by atoms with Crippen LogP contribution in [0.15, 0.2) is 0 Å². The molecule has 1 N–H and O–H groups in total. The zero-order valence-corrected chi connectivity index (χ0v) is 24.5. The lowest BCUT2D eigenvalue weighted by atomic mass is 9.40. The maximum Gasteiger partial charge on any atom is 0.432 e. The van der Waals surface area contributed by atoms with Crippen LogP contribution in [-0.4, -0.2) is 53.8 Å². The van der Waals surface area contributed by atoms with Crippen molar-refractivity contribution in [2.24, 2.45) is 46.3 Å². The van der Waals surface area contributed by atoms with E-state index in [1.165, 1.54) is 0 Å².